The smallest absolute Gasteiger partial charge is 0.324 e. The van der Waals surface area contributed by atoms with E-state index in [-0.39, 0.29) is 16.9 Å². The molecule has 0 spiro atoms. The van der Waals surface area contributed by atoms with Gasteiger partial charge in [-0.3, -0.25) is 5.10 Å². The first-order valence-corrected chi connectivity index (χ1v) is 4.70. The first-order chi connectivity index (χ1) is 7.39. The number of nitrogens with one attached hydrogen (secondary N) is 1. The minimum absolute atomic E-state index is 0.0666. The number of H-pyrrole nitrogens is 1. The highest BCUT2D eigenvalue weighted by molar-refractivity contribution is 5.82. The number of rotatable bonds is 1. The van der Waals surface area contributed by atoms with Gasteiger partial charge in [0.25, 0.3) is 0 Å². The van der Waals surface area contributed by atoms with Gasteiger partial charge < -0.3 is 5.73 Å². The lowest BCUT2D eigenvalue weighted by Crippen LogP contribution is -2.06. The summed E-state index contributed by atoms with van der Waals surface area (Å²) in [6, 6.07) is 4.31. The predicted octanol–water partition coefficient (Wildman–Crippen LogP) is 2.60. The van der Waals surface area contributed by atoms with Crippen LogP contribution in [0.3, 0.4) is 0 Å². The van der Waals surface area contributed by atoms with Crippen LogP contribution >= 0.6 is 0 Å². The maximum Gasteiger partial charge on any atom is 0.433 e. The number of benzene rings is 1. The van der Waals surface area contributed by atoms with Crippen LogP contribution in [0.15, 0.2) is 18.2 Å². The van der Waals surface area contributed by atoms with E-state index in [0.717, 1.165) is 5.56 Å². The zero-order valence-electron chi connectivity index (χ0n) is 8.47. The van der Waals surface area contributed by atoms with Gasteiger partial charge in [-0.05, 0) is 18.6 Å². The molecule has 1 heterocycles. The predicted molar refractivity (Wildman–Crippen MR) is 53.7 cm³/mol. The Morgan fingerprint density at radius 1 is 1.38 bits per heavy atom. The minimum atomic E-state index is -4.41. The number of hydrogen-bond donors (Lipinski definition) is 2. The number of aromatic nitrogens is 2. The molecule has 0 fully saturated rings. The van der Waals surface area contributed by atoms with Crippen LogP contribution in [0.25, 0.3) is 10.9 Å². The standard InChI is InChI=1S/C10H10F3N3/c1-5(14)6-2-3-7-8(4-6)15-16-9(7)10(11,12)13/h2-5H,14H2,1H3,(H,15,16). The normalized spacial score (nSPS) is 14.3. The maximum absolute atomic E-state index is 12.5. The fourth-order valence-corrected chi connectivity index (χ4v) is 1.53. The zero-order chi connectivity index (χ0) is 11.9. The molecule has 0 aliphatic heterocycles. The van der Waals surface area contributed by atoms with E-state index in [1.165, 1.54) is 6.07 Å². The molecule has 0 saturated heterocycles. The van der Waals surface area contributed by atoms with Crippen molar-refractivity contribution in [1.82, 2.24) is 10.2 Å². The third kappa shape index (κ3) is 1.76. The summed E-state index contributed by atoms with van der Waals surface area (Å²) in [6.07, 6.45) is -4.41. The second kappa shape index (κ2) is 3.48. The number of nitrogens with two attached hydrogens (primary N) is 1. The van der Waals surface area contributed by atoms with Gasteiger partial charge in [0, 0.05) is 11.4 Å². The molecule has 3 nitrogen and oxygen atoms in total. The molecule has 1 aromatic carbocycles. The highest BCUT2D eigenvalue weighted by Gasteiger charge is 2.34. The summed E-state index contributed by atoms with van der Waals surface area (Å²) in [7, 11) is 0. The summed E-state index contributed by atoms with van der Waals surface area (Å²) < 4.78 is 37.5. The van der Waals surface area contributed by atoms with Crippen molar-refractivity contribution in [3.63, 3.8) is 0 Å². The summed E-state index contributed by atoms with van der Waals surface area (Å²) >= 11 is 0. The van der Waals surface area contributed by atoms with Crippen LogP contribution in [-0.4, -0.2) is 10.2 Å². The minimum Gasteiger partial charge on any atom is -0.324 e. The molecular weight excluding hydrogens is 219 g/mol. The van der Waals surface area contributed by atoms with Crippen molar-refractivity contribution < 1.29 is 13.2 Å². The maximum atomic E-state index is 12.5. The lowest BCUT2D eigenvalue weighted by Gasteiger charge is -2.06. The number of nitrogens with zero attached hydrogens (tertiary/aromatic N) is 1. The Morgan fingerprint density at radius 2 is 2.06 bits per heavy atom. The molecule has 2 rings (SSSR count). The van der Waals surface area contributed by atoms with Crippen molar-refractivity contribution >= 4 is 10.9 Å². The molecule has 3 N–H and O–H groups in total. The van der Waals surface area contributed by atoms with E-state index < -0.39 is 11.9 Å². The number of halogens is 3. The summed E-state index contributed by atoms with van der Waals surface area (Å²) in [4.78, 5) is 0. The Bertz CT molecular complexity index is 513. The molecule has 0 bridgehead atoms. The van der Waals surface area contributed by atoms with Crippen molar-refractivity contribution in [2.45, 2.75) is 19.1 Å². The van der Waals surface area contributed by atoms with E-state index in [2.05, 4.69) is 5.10 Å². The molecule has 86 valence electrons. The fourth-order valence-electron chi connectivity index (χ4n) is 1.53. The number of alkyl halides is 3. The molecule has 6 heteroatoms. The molecule has 1 aromatic heterocycles. The zero-order valence-corrected chi connectivity index (χ0v) is 8.47. The van der Waals surface area contributed by atoms with Gasteiger partial charge in [0.2, 0.25) is 0 Å². The average molecular weight is 229 g/mol. The Hall–Kier alpha value is -1.56. The van der Waals surface area contributed by atoms with E-state index in [1.54, 1.807) is 19.1 Å². The second-order valence-corrected chi connectivity index (χ2v) is 3.66. The van der Waals surface area contributed by atoms with Crippen molar-refractivity contribution in [2.24, 2.45) is 5.73 Å². The Balaban J connectivity index is 2.59. The summed E-state index contributed by atoms with van der Waals surface area (Å²) in [5.41, 5.74) is 5.85. The summed E-state index contributed by atoms with van der Waals surface area (Å²) in [6.45, 7) is 1.76. The Kier molecular flexibility index (Phi) is 2.38. The lowest BCUT2D eigenvalue weighted by atomic mass is 10.1. The first-order valence-electron chi connectivity index (χ1n) is 4.70. The fraction of sp³-hybridized carbons (Fsp3) is 0.300. The molecule has 16 heavy (non-hydrogen) atoms. The van der Waals surface area contributed by atoms with Gasteiger partial charge in [-0.15, -0.1) is 0 Å². The van der Waals surface area contributed by atoms with Gasteiger partial charge in [-0.2, -0.15) is 18.3 Å². The van der Waals surface area contributed by atoms with E-state index >= 15 is 0 Å². The van der Waals surface area contributed by atoms with Crippen LogP contribution in [-0.2, 0) is 6.18 Å². The molecule has 0 radical (unpaired) electrons. The molecule has 1 unspecified atom stereocenters. The van der Waals surface area contributed by atoms with Crippen LogP contribution in [0.2, 0.25) is 0 Å². The van der Waals surface area contributed by atoms with E-state index in [0.29, 0.717) is 0 Å². The van der Waals surface area contributed by atoms with Gasteiger partial charge in [0.05, 0.1) is 5.52 Å². The van der Waals surface area contributed by atoms with Gasteiger partial charge in [-0.25, -0.2) is 0 Å². The highest BCUT2D eigenvalue weighted by Crippen LogP contribution is 2.33. The monoisotopic (exact) mass is 229 g/mol. The molecule has 1 atom stereocenters. The van der Waals surface area contributed by atoms with E-state index in [9.17, 15) is 13.2 Å². The van der Waals surface area contributed by atoms with Crippen molar-refractivity contribution in [3.8, 4) is 0 Å². The largest absolute Gasteiger partial charge is 0.433 e. The Morgan fingerprint density at radius 3 is 2.62 bits per heavy atom. The molecule has 2 aromatic rings. The van der Waals surface area contributed by atoms with Crippen LogP contribution in [0.5, 0.6) is 0 Å². The van der Waals surface area contributed by atoms with Crippen molar-refractivity contribution in [2.75, 3.05) is 0 Å². The van der Waals surface area contributed by atoms with Gasteiger partial charge in [0.1, 0.15) is 5.69 Å². The third-order valence-electron chi connectivity index (χ3n) is 2.39. The summed E-state index contributed by atoms with van der Waals surface area (Å²) in [5, 5.41) is 5.70. The topological polar surface area (TPSA) is 54.7 Å². The number of hydrogen-bond acceptors (Lipinski definition) is 2. The average Bonchev–Trinajstić information content (AvgIpc) is 2.58. The summed E-state index contributed by atoms with van der Waals surface area (Å²) in [5.74, 6) is 0. The molecule has 0 saturated carbocycles. The van der Waals surface area contributed by atoms with E-state index in [1.807, 2.05) is 5.10 Å². The number of fused-ring (bicyclic) bond motifs is 1. The van der Waals surface area contributed by atoms with Crippen LogP contribution < -0.4 is 5.73 Å². The van der Waals surface area contributed by atoms with Gasteiger partial charge in [-0.1, -0.05) is 12.1 Å². The molecule has 0 aliphatic carbocycles. The molecule has 0 aliphatic rings. The SMILES string of the molecule is CC(N)c1ccc2c(C(F)(F)F)[nH]nc2c1. The van der Waals surface area contributed by atoms with Crippen LogP contribution in [0.4, 0.5) is 13.2 Å². The quantitative estimate of drug-likeness (QED) is 0.789. The molecular formula is C10H10F3N3. The van der Waals surface area contributed by atoms with Crippen molar-refractivity contribution in [1.29, 1.82) is 0 Å². The molecule has 0 amide bonds. The van der Waals surface area contributed by atoms with Crippen LogP contribution in [0, 0.1) is 0 Å². The van der Waals surface area contributed by atoms with Gasteiger partial charge in [0.15, 0.2) is 0 Å². The van der Waals surface area contributed by atoms with Crippen molar-refractivity contribution in [3.05, 3.63) is 29.5 Å². The first kappa shape index (κ1) is 10.9. The van der Waals surface area contributed by atoms with Crippen LogP contribution in [0.1, 0.15) is 24.2 Å². The third-order valence-corrected chi connectivity index (χ3v) is 2.39. The Labute approximate surface area is 89.4 Å². The highest BCUT2D eigenvalue weighted by atomic mass is 19.4. The second-order valence-electron chi connectivity index (χ2n) is 3.66. The van der Waals surface area contributed by atoms with Gasteiger partial charge >= 0.3 is 6.18 Å². The lowest BCUT2D eigenvalue weighted by molar-refractivity contribution is -0.139. The number of aromatic amines is 1. The van der Waals surface area contributed by atoms with E-state index in [4.69, 9.17) is 5.73 Å².